The summed E-state index contributed by atoms with van der Waals surface area (Å²) < 4.78 is 0. The van der Waals surface area contributed by atoms with E-state index >= 15 is 0 Å². The molecule has 2 rings (SSSR count). The van der Waals surface area contributed by atoms with E-state index in [0.717, 1.165) is 6.42 Å². The van der Waals surface area contributed by atoms with Crippen LogP contribution in [0.25, 0.3) is 0 Å². The second-order valence-electron chi connectivity index (χ2n) is 5.17. The second kappa shape index (κ2) is 4.37. The van der Waals surface area contributed by atoms with Crippen molar-refractivity contribution in [3.8, 4) is 6.07 Å². The van der Waals surface area contributed by atoms with Crippen molar-refractivity contribution in [1.82, 2.24) is 0 Å². The number of nitrogens with zero attached hydrogens (tertiary/aromatic N) is 1. The molecule has 0 fully saturated rings. The van der Waals surface area contributed by atoms with Crippen LogP contribution in [0.1, 0.15) is 44.2 Å². The fourth-order valence-electron chi connectivity index (χ4n) is 2.60. The molecular weight excluding hydrogens is 206 g/mol. The third-order valence-corrected chi connectivity index (χ3v) is 4.01. The lowest BCUT2D eigenvalue weighted by Gasteiger charge is -2.32. The van der Waals surface area contributed by atoms with Crippen LogP contribution in [0.5, 0.6) is 0 Å². The molecule has 0 aliphatic heterocycles. The number of benzene rings is 1. The van der Waals surface area contributed by atoms with E-state index in [9.17, 15) is 5.26 Å². The van der Waals surface area contributed by atoms with Crippen molar-refractivity contribution in [2.24, 2.45) is 5.92 Å². The predicted octanol–water partition coefficient (Wildman–Crippen LogP) is 4.17. The van der Waals surface area contributed by atoms with Crippen molar-refractivity contribution >= 4 is 0 Å². The fourth-order valence-corrected chi connectivity index (χ4v) is 2.60. The molecule has 3 atom stereocenters. The van der Waals surface area contributed by atoms with Gasteiger partial charge in [-0.25, -0.2) is 0 Å². The third-order valence-electron chi connectivity index (χ3n) is 4.01. The summed E-state index contributed by atoms with van der Waals surface area (Å²) in [5, 5.41) is 9.38. The SMILES string of the molecule is CCC(C)C1C=CC(C)(C#N)c2ccccc21. The van der Waals surface area contributed by atoms with Crippen LogP contribution in [0.2, 0.25) is 0 Å². The Kier molecular flexibility index (Phi) is 3.07. The summed E-state index contributed by atoms with van der Waals surface area (Å²) >= 11 is 0. The maximum atomic E-state index is 9.38. The first-order chi connectivity index (χ1) is 8.12. The van der Waals surface area contributed by atoms with Crippen LogP contribution in [0, 0.1) is 17.2 Å². The highest BCUT2D eigenvalue weighted by atomic mass is 14.4. The molecule has 88 valence electrons. The lowest BCUT2D eigenvalue weighted by atomic mass is 9.70. The highest BCUT2D eigenvalue weighted by molar-refractivity contribution is 5.49. The molecule has 1 nitrogen and oxygen atoms in total. The van der Waals surface area contributed by atoms with E-state index in [-0.39, 0.29) is 0 Å². The van der Waals surface area contributed by atoms with Gasteiger partial charge in [0.05, 0.1) is 11.5 Å². The molecule has 3 unspecified atom stereocenters. The summed E-state index contributed by atoms with van der Waals surface area (Å²) in [6, 6.07) is 10.8. The minimum Gasteiger partial charge on any atom is -0.197 e. The maximum absolute atomic E-state index is 9.38. The Balaban J connectivity index is 2.54. The Morgan fingerprint density at radius 1 is 1.41 bits per heavy atom. The number of hydrogen-bond donors (Lipinski definition) is 0. The van der Waals surface area contributed by atoms with Crippen molar-refractivity contribution in [3.05, 3.63) is 47.5 Å². The van der Waals surface area contributed by atoms with Gasteiger partial charge in [0.2, 0.25) is 0 Å². The summed E-state index contributed by atoms with van der Waals surface area (Å²) in [5.41, 5.74) is 2.05. The summed E-state index contributed by atoms with van der Waals surface area (Å²) in [7, 11) is 0. The molecular formula is C16H19N. The molecule has 0 saturated heterocycles. The van der Waals surface area contributed by atoms with Crippen LogP contribution in [-0.2, 0) is 5.41 Å². The first kappa shape index (κ1) is 11.9. The zero-order chi connectivity index (χ0) is 12.5. The fraction of sp³-hybridized carbons (Fsp3) is 0.438. The number of fused-ring (bicyclic) bond motifs is 1. The van der Waals surface area contributed by atoms with E-state index in [1.807, 2.05) is 13.0 Å². The van der Waals surface area contributed by atoms with E-state index in [0.29, 0.717) is 11.8 Å². The molecule has 0 aromatic heterocycles. The molecule has 0 heterocycles. The smallest absolute Gasteiger partial charge is 0.0977 e. The third kappa shape index (κ3) is 1.89. The topological polar surface area (TPSA) is 23.8 Å². The Morgan fingerprint density at radius 3 is 2.76 bits per heavy atom. The molecule has 0 spiro atoms. The van der Waals surface area contributed by atoms with Gasteiger partial charge in [-0.2, -0.15) is 5.26 Å². The van der Waals surface area contributed by atoms with E-state index in [1.165, 1.54) is 11.1 Å². The lowest BCUT2D eigenvalue weighted by Crippen LogP contribution is -2.25. The molecule has 1 aliphatic carbocycles. The monoisotopic (exact) mass is 225 g/mol. The van der Waals surface area contributed by atoms with Gasteiger partial charge in [-0.15, -0.1) is 0 Å². The Hall–Kier alpha value is -1.55. The maximum Gasteiger partial charge on any atom is 0.0977 e. The van der Waals surface area contributed by atoms with E-state index in [4.69, 9.17) is 0 Å². The minimum atomic E-state index is -0.458. The van der Waals surface area contributed by atoms with E-state index in [2.05, 4.69) is 50.3 Å². The van der Waals surface area contributed by atoms with Crippen molar-refractivity contribution in [1.29, 1.82) is 5.26 Å². The first-order valence-electron chi connectivity index (χ1n) is 6.32. The van der Waals surface area contributed by atoms with Gasteiger partial charge in [-0.3, -0.25) is 0 Å². The molecule has 0 N–H and O–H groups in total. The minimum absolute atomic E-state index is 0.456. The molecule has 0 amide bonds. The normalized spacial score (nSPS) is 28.2. The highest BCUT2D eigenvalue weighted by Crippen LogP contribution is 2.41. The average molecular weight is 225 g/mol. The Bertz CT molecular complexity index is 481. The molecule has 0 saturated carbocycles. The number of hydrogen-bond acceptors (Lipinski definition) is 1. The van der Waals surface area contributed by atoms with Gasteiger partial charge in [0, 0.05) is 5.92 Å². The largest absolute Gasteiger partial charge is 0.197 e. The Labute approximate surface area is 104 Å². The summed E-state index contributed by atoms with van der Waals surface area (Å²) in [5.74, 6) is 1.08. The van der Waals surface area contributed by atoms with E-state index < -0.39 is 5.41 Å². The molecule has 1 aromatic carbocycles. The van der Waals surface area contributed by atoms with Gasteiger partial charge < -0.3 is 0 Å². The van der Waals surface area contributed by atoms with Crippen LogP contribution in [0.3, 0.4) is 0 Å². The Morgan fingerprint density at radius 2 is 2.12 bits per heavy atom. The quantitative estimate of drug-likeness (QED) is 0.693. The van der Waals surface area contributed by atoms with Crippen molar-refractivity contribution in [2.45, 2.75) is 38.5 Å². The van der Waals surface area contributed by atoms with Gasteiger partial charge in [0.25, 0.3) is 0 Å². The predicted molar refractivity (Wildman–Crippen MR) is 70.7 cm³/mol. The highest BCUT2D eigenvalue weighted by Gasteiger charge is 2.33. The zero-order valence-electron chi connectivity index (χ0n) is 10.8. The zero-order valence-corrected chi connectivity index (χ0v) is 10.8. The molecule has 1 aromatic rings. The van der Waals surface area contributed by atoms with Gasteiger partial charge >= 0.3 is 0 Å². The number of nitriles is 1. The number of rotatable bonds is 2. The first-order valence-corrected chi connectivity index (χ1v) is 6.32. The van der Waals surface area contributed by atoms with Crippen LogP contribution < -0.4 is 0 Å². The van der Waals surface area contributed by atoms with Gasteiger partial charge in [0.15, 0.2) is 0 Å². The number of allylic oxidation sites excluding steroid dienone is 2. The molecule has 17 heavy (non-hydrogen) atoms. The van der Waals surface area contributed by atoms with E-state index in [1.54, 1.807) is 0 Å². The summed E-state index contributed by atoms with van der Waals surface area (Å²) in [6.45, 7) is 6.50. The summed E-state index contributed by atoms with van der Waals surface area (Å²) in [6.07, 6.45) is 5.46. The van der Waals surface area contributed by atoms with Crippen molar-refractivity contribution in [3.63, 3.8) is 0 Å². The average Bonchev–Trinajstić information content (AvgIpc) is 2.39. The van der Waals surface area contributed by atoms with Gasteiger partial charge in [-0.1, -0.05) is 56.7 Å². The molecule has 0 radical (unpaired) electrons. The second-order valence-corrected chi connectivity index (χ2v) is 5.17. The van der Waals surface area contributed by atoms with Crippen molar-refractivity contribution in [2.75, 3.05) is 0 Å². The van der Waals surface area contributed by atoms with Gasteiger partial charge in [-0.05, 0) is 24.0 Å². The van der Waals surface area contributed by atoms with Crippen LogP contribution in [0.15, 0.2) is 36.4 Å². The molecule has 1 heteroatoms. The van der Waals surface area contributed by atoms with Crippen molar-refractivity contribution < 1.29 is 0 Å². The van der Waals surface area contributed by atoms with Crippen LogP contribution >= 0.6 is 0 Å². The summed E-state index contributed by atoms with van der Waals surface area (Å²) in [4.78, 5) is 0. The van der Waals surface area contributed by atoms with Crippen LogP contribution in [-0.4, -0.2) is 0 Å². The van der Waals surface area contributed by atoms with Crippen LogP contribution in [0.4, 0.5) is 0 Å². The lowest BCUT2D eigenvalue weighted by molar-refractivity contribution is 0.491. The van der Waals surface area contributed by atoms with Gasteiger partial charge in [0.1, 0.15) is 0 Å². The molecule has 1 aliphatic rings. The standard InChI is InChI=1S/C16H19N/c1-4-12(2)13-9-10-16(3,11-17)15-8-6-5-7-14(13)15/h5-10,12-13H,4H2,1-3H3. The molecule has 0 bridgehead atoms.